The van der Waals surface area contributed by atoms with Gasteiger partial charge in [0.05, 0.1) is 17.9 Å². The van der Waals surface area contributed by atoms with Crippen molar-refractivity contribution in [2.75, 3.05) is 0 Å². The van der Waals surface area contributed by atoms with Gasteiger partial charge in [-0.05, 0) is 99.1 Å². The molecule has 0 atom stereocenters. The summed E-state index contributed by atoms with van der Waals surface area (Å²) in [5.74, 6) is -0.0751. The fourth-order valence-electron chi connectivity index (χ4n) is 2.19. The van der Waals surface area contributed by atoms with Crippen LogP contribution in [0.15, 0.2) is 42.2 Å². The normalized spacial score (nSPS) is 12.3. The van der Waals surface area contributed by atoms with E-state index in [9.17, 15) is 17.4 Å². The monoisotopic (exact) mass is 622 g/mol. The lowest BCUT2D eigenvalue weighted by Crippen LogP contribution is -2.19. The summed E-state index contributed by atoms with van der Waals surface area (Å²) >= 11 is 13.0. The Morgan fingerprint density at radius 3 is 1.64 bits per heavy atom. The second kappa shape index (κ2) is 7.46. The molecule has 2 rings (SSSR count). The maximum Gasteiger partial charge on any atom is 0.488 e. The molecule has 0 saturated carbocycles. The third kappa shape index (κ3) is 4.77. The summed E-state index contributed by atoms with van der Waals surface area (Å²) < 4.78 is 40.3. The molecule has 2 aromatic carbocycles. The van der Waals surface area contributed by atoms with E-state index in [1.807, 2.05) is 13.8 Å². The van der Waals surface area contributed by atoms with Crippen molar-refractivity contribution >= 4 is 74.2 Å². The maximum atomic E-state index is 12.8. The van der Waals surface area contributed by atoms with E-state index in [1.165, 1.54) is 0 Å². The van der Waals surface area contributed by atoms with Crippen LogP contribution in [0.2, 0.25) is 0 Å². The lowest BCUT2D eigenvalue weighted by molar-refractivity contribution is 0.437. The summed E-state index contributed by atoms with van der Waals surface area (Å²) in [4.78, 5) is 0. The van der Waals surface area contributed by atoms with Gasteiger partial charge in [0.15, 0.2) is 5.75 Å². The second-order valence-corrected chi connectivity index (χ2v) is 10.0. The van der Waals surface area contributed by atoms with E-state index in [2.05, 4.69) is 67.9 Å². The van der Waals surface area contributed by atoms with Crippen molar-refractivity contribution in [3.63, 3.8) is 0 Å². The summed E-state index contributed by atoms with van der Waals surface area (Å²) in [5.41, 5.74) is 1.17. The first-order valence-corrected chi connectivity index (χ1v) is 11.1. The van der Waals surface area contributed by atoms with Gasteiger partial charge in [-0.2, -0.15) is 8.42 Å². The number of phenolic OH excluding ortho intramolecular Hbond substituents is 1. The number of halogens is 5. The van der Waals surface area contributed by atoms with Crippen LogP contribution in [0.4, 0.5) is 3.89 Å². The van der Waals surface area contributed by atoms with Crippen molar-refractivity contribution in [2.24, 2.45) is 0 Å². The molecule has 0 aliphatic rings. The summed E-state index contributed by atoms with van der Waals surface area (Å²) in [6, 6.07) is 6.89. The Kier molecular flexibility index (Phi) is 6.31. The Morgan fingerprint density at radius 1 is 0.920 bits per heavy atom. The Bertz CT molecular complexity index is 899. The number of hydrogen-bond acceptors (Lipinski definition) is 4. The van der Waals surface area contributed by atoms with E-state index in [-0.39, 0.29) is 20.4 Å². The van der Waals surface area contributed by atoms with Crippen LogP contribution in [-0.4, -0.2) is 13.5 Å². The van der Waals surface area contributed by atoms with Gasteiger partial charge in [0.1, 0.15) is 5.75 Å². The van der Waals surface area contributed by atoms with Crippen molar-refractivity contribution in [3.05, 3.63) is 53.3 Å². The van der Waals surface area contributed by atoms with E-state index in [0.717, 1.165) is 11.1 Å². The van der Waals surface area contributed by atoms with E-state index >= 15 is 0 Å². The molecule has 136 valence electrons. The lowest BCUT2D eigenvalue weighted by atomic mass is 9.78. The molecule has 4 nitrogen and oxygen atoms in total. The highest BCUT2D eigenvalue weighted by Gasteiger charge is 2.28. The molecule has 0 fully saturated rings. The minimum absolute atomic E-state index is 0.0961. The Morgan fingerprint density at radius 2 is 1.28 bits per heavy atom. The SMILES string of the molecule is CC(C)(c1cc(Br)c(O)c(Br)c1)c1cc(Br)c(OS(=O)(=O)F)c(Br)c1. The van der Waals surface area contributed by atoms with Crippen LogP contribution in [-0.2, 0) is 15.9 Å². The van der Waals surface area contributed by atoms with Crippen LogP contribution in [0.3, 0.4) is 0 Å². The van der Waals surface area contributed by atoms with E-state index < -0.39 is 15.9 Å². The van der Waals surface area contributed by atoms with Gasteiger partial charge in [-0.25, -0.2) is 0 Å². The second-order valence-electron chi connectivity index (χ2n) is 5.66. The summed E-state index contributed by atoms with van der Waals surface area (Å²) in [6.07, 6.45) is 0. The van der Waals surface area contributed by atoms with Crippen LogP contribution in [0.5, 0.6) is 11.5 Å². The van der Waals surface area contributed by atoms with Crippen LogP contribution >= 0.6 is 63.7 Å². The van der Waals surface area contributed by atoms with E-state index in [1.54, 1.807) is 24.3 Å². The molecule has 25 heavy (non-hydrogen) atoms. The summed E-state index contributed by atoms with van der Waals surface area (Å²) in [5, 5.41) is 9.88. The standard InChI is InChI=1S/C15H11Br4FO4S/c1-15(2,7-3-9(16)13(21)10(17)4-7)8-5-11(18)14(12(19)6-8)24-25(20,22)23/h3-6,21H,1-2H3. The number of rotatable bonds is 4. The predicted octanol–water partition coefficient (Wildman–Crippen LogP) is 6.36. The molecule has 0 spiro atoms. The van der Waals surface area contributed by atoms with Crippen LogP contribution in [0.1, 0.15) is 25.0 Å². The molecule has 0 heterocycles. The molecular formula is C15H11Br4FO4S. The summed E-state index contributed by atoms with van der Waals surface area (Å²) in [7, 11) is -5.14. The molecule has 0 radical (unpaired) electrons. The zero-order chi connectivity index (χ0) is 19.2. The predicted molar refractivity (Wildman–Crippen MR) is 108 cm³/mol. The molecule has 0 unspecified atom stereocenters. The highest BCUT2D eigenvalue weighted by Crippen LogP contribution is 2.43. The first-order valence-electron chi connectivity index (χ1n) is 6.65. The molecule has 0 bridgehead atoms. The summed E-state index contributed by atoms with van der Waals surface area (Å²) in [6.45, 7) is 3.91. The molecule has 2 aromatic rings. The van der Waals surface area contributed by atoms with E-state index in [4.69, 9.17) is 0 Å². The average Bonchev–Trinajstić information content (AvgIpc) is 2.46. The smallest absolute Gasteiger partial charge is 0.488 e. The van der Waals surface area contributed by atoms with Crippen LogP contribution in [0, 0.1) is 0 Å². The number of hydrogen-bond donors (Lipinski definition) is 1. The molecule has 10 heteroatoms. The van der Waals surface area contributed by atoms with Crippen molar-refractivity contribution in [2.45, 2.75) is 19.3 Å². The van der Waals surface area contributed by atoms with Crippen molar-refractivity contribution in [3.8, 4) is 11.5 Å². The van der Waals surface area contributed by atoms with Gasteiger partial charge in [-0.15, -0.1) is 0 Å². The van der Waals surface area contributed by atoms with Crippen LogP contribution < -0.4 is 4.18 Å². The van der Waals surface area contributed by atoms with Crippen molar-refractivity contribution < 1.29 is 21.6 Å². The first-order chi connectivity index (χ1) is 11.3. The van der Waals surface area contributed by atoms with Gasteiger partial charge in [0.2, 0.25) is 0 Å². The van der Waals surface area contributed by atoms with Gasteiger partial charge < -0.3 is 9.29 Å². The van der Waals surface area contributed by atoms with Gasteiger partial charge >= 0.3 is 10.5 Å². The Hall–Kier alpha value is -0.160. The topological polar surface area (TPSA) is 63.6 Å². The largest absolute Gasteiger partial charge is 0.506 e. The maximum absolute atomic E-state index is 12.8. The highest BCUT2D eigenvalue weighted by atomic mass is 79.9. The fraction of sp³-hybridized carbons (Fsp3) is 0.200. The molecule has 0 amide bonds. The van der Waals surface area contributed by atoms with E-state index in [0.29, 0.717) is 8.95 Å². The first kappa shape index (κ1) is 21.1. The van der Waals surface area contributed by atoms with Gasteiger partial charge in [0, 0.05) is 5.41 Å². The van der Waals surface area contributed by atoms with Crippen molar-refractivity contribution in [1.29, 1.82) is 0 Å². The molecule has 0 aliphatic heterocycles. The number of phenols is 1. The molecule has 0 aliphatic carbocycles. The highest BCUT2D eigenvalue weighted by molar-refractivity contribution is 9.11. The Balaban J connectivity index is 2.57. The minimum atomic E-state index is -5.14. The number of aromatic hydroxyl groups is 1. The molecule has 1 N–H and O–H groups in total. The number of benzene rings is 2. The molecule has 0 aromatic heterocycles. The van der Waals surface area contributed by atoms with Gasteiger partial charge in [-0.3, -0.25) is 0 Å². The van der Waals surface area contributed by atoms with Gasteiger partial charge in [0.25, 0.3) is 0 Å². The fourth-order valence-corrected chi connectivity index (χ4v) is 5.32. The third-order valence-corrected chi connectivity index (χ3v) is 6.39. The third-order valence-electron chi connectivity index (χ3n) is 3.64. The lowest BCUT2D eigenvalue weighted by Gasteiger charge is -2.28. The van der Waals surface area contributed by atoms with Crippen LogP contribution in [0.25, 0.3) is 0 Å². The Labute approximate surface area is 178 Å². The van der Waals surface area contributed by atoms with Crippen molar-refractivity contribution in [1.82, 2.24) is 0 Å². The minimum Gasteiger partial charge on any atom is -0.506 e. The zero-order valence-electron chi connectivity index (χ0n) is 12.8. The quantitative estimate of drug-likeness (QED) is 0.402. The zero-order valence-corrected chi connectivity index (χ0v) is 19.9. The van der Waals surface area contributed by atoms with Gasteiger partial charge in [-0.1, -0.05) is 17.7 Å². The average molecular weight is 626 g/mol. The molecular weight excluding hydrogens is 615 g/mol. The molecule has 0 saturated heterocycles.